The van der Waals surface area contributed by atoms with E-state index in [1.165, 1.54) is 0 Å². The first kappa shape index (κ1) is 29.0. The summed E-state index contributed by atoms with van der Waals surface area (Å²) in [5.41, 5.74) is 0. The molecular formula is C12H20K2O6S2Si2. The van der Waals surface area contributed by atoms with Gasteiger partial charge in [0.15, 0.2) is 0 Å². The van der Waals surface area contributed by atoms with Crippen LogP contribution in [0.1, 0.15) is 0 Å². The Bertz CT molecular complexity index is 739. The van der Waals surface area contributed by atoms with Crippen LogP contribution in [0.5, 0.6) is 0 Å². The largest absolute Gasteiger partial charge is 1.00 e. The van der Waals surface area contributed by atoms with Gasteiger partial charge in [0, 0.05) is 0 Å². The molecule has 0 atom stereocenters. The van der Waals surface area contributed by atoms with Crippen molar-refractivity contribution in [1.29, 1.82) is 0 Å². The van der Waals surface area contributed by atoms with E-state index in [2.05, 4.69) is 0 Å². The molecule has 1 aromatic rings. The average molecular weight is 459 g/mol. The monoisotopic (exact) mass is 458 g/mol. The maximum atomic E-state index is 11.6. The van der Waals surface area contributed by atoms with Crippen LogP contribution in [-0.2, 0) is 20.2 Å². The molecule has 12 heteroatoms. The molecule has 126 valence electrons. The van der Waals surface area contributed by atoms with Crippen LogP contribution in [0.3, 0.4) is 0 Å². The predicted octanol–water partition coefficient (Wildman–Crippen LogP) is -5.41. The van der Waals surface area contributed by atoms with Crippen LogP contribution in [0.4, 0.5) is 0 Å². The second kappa shape index (κ2) is 9.50. The van der Waals surface area contributed by atoms with E-state index in [1.54, 1.807) is 39.3 Å². The Labute approximate surface area is 231 Å². The van der Waals surface area contributed by atoms with E-state index >= 15 is 0 Å². The van der Waals surface area contributed by atoms with Crippen molar-refractivity contribution in [1.82, 2.24) is 0 Å². The summed E-state index contributed by atoms with van der Waals surface area (Å²) < 4.78 is 69.6. The second-order valence-electron chi connectivity index (χ2n) is 7.25. The third kappa shape index (κ3) is 7.64. The van der Waals surface area contributed by atoms with Gasteiger partial charge in [-0.25, -0.2) is 16.8 Å². The molecule has 0 aliphatic heterocycles. The molecule has 0 aliphatic carbocycles. The molecule has 0 heterocycles. The quantitative estimate of drug-likeness (QED) is 0.329. The number of hydrogen-bond acceptors (Lipinski definition) is 6. The second-order valence-corrected chi connectivity index (χ2v) is 20.0. The molecule has 0 spiro atoms. The molecule has 0 fully saturated rings. The summed E-state index contributed by atoms with van der Waals surface area (Å²) in [7, 11) is -14.2. The fourth-order valence-corrected chi connectivity index (χ4v) is 8.90. The van der Waals surface area contributed by atoms with Crippen molar-refractivity contribution in [2.24, 2.45) is 0 Å². The van der Waals surface area contributed by atoms with Crippen LogP contribution in [-0.4, -0.2) is 42.1 Å². The molecule has 0 bridgehead atoms. The van der Waals surface area contributed by atoms with Crippen molar-refractivity contribution in [2.75, 3.05) is 0 Å². The molecule has 0 N–H and O–H groups in total. The van der Waals surface area contributed by atoms with Gasteiger partial charge < -0.3 is 9.11 Å². The van der Waals surface area contributed by atoms with Crippen LogP contribution in [0.15, 0.2) is 21.9 Å². The predicted molar refractivity (Wildman–Crippen MR) is 88.3 cm³/mol. The molecule has 24 heavy (non-hydrogen) atoms. The van der Waals surface area contributed by atoms with Gasteiger partial charge in [0.1, 0.15) is 20.2 Å². The van der Waals surface area contributed by atoms with E-state index in [-0.39, 0.29) is 113 Å². The van der Waals surface area contributed by atoms with Crippen LogP contribution >= 0.6 is 0 Å². The van der Waals surface area contributed by atoms with Crippen molar-refractivity contribution in [3.63, 3.8) is 0 Å². The van der Waals surface area contributed by atoms with Crippen molar-refractivity contribution < 1.29 is 129 Å². The number of rotatable bonds is 4. The first-order valence-electron chi connectivity index (χ1n) is 6.56. The fraction of sp³-hybridized carbons (Fsp3) is 0.500. The standard InChI is InChI=1S/C12H22O6S2Si2.2K/c1-21(2,3)11-7-10(20(16,17)18)12(22(4,5)6)8-9(11)19(13,14)15;;/h7-8H,1-6H3,(H,13,14,15)(H,16,17,18);;/q;2*+1/p-2. The van der Waals surface area contributed by atoms with E-state index in [4.69, 9.17) is 0 Å². The summed E-state index contributed by atoms with van der Waals surface area (Å²) in [5.74, 6) is 0. The average Bonchev–Trinajstić information content (AvgIpc) is 2.22. The van der Waals surface area contributed by atoms with Crippen molar-refractivity contribution in [3.8, 4) is 0 Å². The summed E-state index contributed by atoms with van der Waals surface area (Å²) in [6.07, 6.45) is 0. The molecule has 0 aromatic heterocycles. The summed E-state index contributed by atoms with van der Waals surface area (Å²) in [5, 5.41) is 0.359. The van der Waals surface area contributed by atoms with Crippen molar-refractivity contribution in [2.45, 2.75) is 49.1 Å². The Kier molecular flexibility index (Phi) is 11.5. The number of hydrogen-bond donors (Lipinski definition) is 0. The van der Waals surface area contributed by atoms with Gasteiger partial charge in [-0.15, -0.1) is 0 Å². The molecule has 1 aromatic carbocycles. The van der Waals surface area contributed by atoms with Gasteiger partial charge in [0.2, 0.25) is 0 Å². The third-order valence-electron chi connectivity index (χ3n) is 3.24. The Morgan fingerprint density at radius 1 is 0.667 bits per heavy atom. The van der Waals surface area contributed by atoms with Gasteiger partial charge in [0.25, 0.3) is 0 Å². The molecule has 0 unspecified atom stereocenters. The Morgan fingerprint density at radius 3 is 1.00 bits per heavy atom. The minimum atomic E-state index is -4.75. The summed E-state index contributed by atoms with van der Waals surface area (Å²) >= 11 is 0. The zero-order valence-electron chi connectivity index (χ0n) is 15.4. The van der Waals surface area contributed by atoms with Gasteiger partial charge in [0.05, 0.1) is 25.9 Å². The molecule has 0 radical (unpaired) electrons. The van der Waals surface area contributed by atoms with E-state index in [0.717, 1.165) is 12.1 Å². The molecule has 0 amide bonds. The molecule has 6 nitrogen and oxygen atoms in total. The van der Waals surface area contributed by atoms with Crippen LogP contribution in [0, 0.1) is 0 Å². The Hall–Kier alpha value is 2.75. The van der Waals surface area contributed by atoms with Gasteiger partial charge in [-0.2, -0.15) is 0 Å². The zero-order chi connectivity index (χ0) is 17.7. The molecular weight excluding hydrogens is 439 g/mol. The Morgan fingerprint density at radius 2 is 0.875 bits per heavy atom. The molecule has 0 aliphatic rings. The zero-order valence-corrected chi connectivity index (χ0v) is 25.3. The van der Waals surface area contributed by atoms with E-state index in [9.17, 15) is 25.9 Å². The SMILES string of the molecule is C[Si](C)(C)c1cc(S(=O)(=O)[O-])c([Si](C)(C)C)cc1S(=O)(=O)[O-].[K+].[K+]. The third-order valence-corrected chi connectivity index (χ3v) is 9.41. The number of benzene rings is 1. The van der Waals surface area contributed by atoms with Crippen LogP contribution in [0.25, 0.3) is 0 Å². The van der Waals surface area contributed by atoms with E-state index in [1.807, 2.05) is 0 Å². The van der Waals surface area contributed by atoms with Crippen molar-refractivity contribution in [3.05, 3.63) is 12.1 Å². The first-order valence-corrected chi connectivity index (χ1v) is 16.4. The first-order chi connectivity index (χ1) is 9.45. The minimum absolute atomic E-state index is 0. The van der Waals surface area contributed by atoms with Gasteiger partial charge in [-0.05, 0) is 22.5 Å². The maximum Gasteiger partial charge on any atom is 1.00 e. The fourth-order valence-electron chi connectivity index (χ4n) is 2.15. The molecule has 1 rings (SSSR count). The summed E-state index contributed by atoms with van der Waals surface area (Å²) in [4.78, 5) is -0.784. The summed E-state index contributed by atoms with van der Waals surface area (Å²) in [6.45, 7) is 10.7. The van der Waals surface area contributed by atoms with E-state index in [0.29, 0.717) is 0 Å². The molecule has 0 saturated heterocycles. The smallest absolute Gasteiger partial charge is 0.744 e. The maximum absolute atomic E-state index is 11.6. The summed E-state index contributed by atoms with van der Waals surface area (Å²) in [6, 6.07) is 2.24. The topological polar surface area (TPSA) is 114 Å². The van der Waals surface area contributed by atoms with Crippen molar-refractivity contribution >= 4 is 46.8 Å². The van der Waals surface area contributed by atoms with Gasteiger partial charge >= 0.3 is 103 Å². The molecule has 0 saturated carbocycles. The van der Waals surface area contributed by atoms with Gasteiger partial charge in [-0.3, -0.25) is 0 Å². The Balaban J connectivity index is 0. The normalized spacial score (nSPS) is 13.0. The van der Waals surface area contributed by atoms with Gasteiger partial charge in [-0.1, -0.05) is 39.3 Å². The van der Waals surface area contributed by atoms with E-state index < -0.39 is 46.2 Å². The minimum Gasteiger partial charge on any atom is -0.744 e. The van der Waals surface area contributed by atoms with Crippen LogP contribution < -0.4 is 113 Å². The van der Waals surface area contributed by atoms with Crippen LogP contribution in [0.2, 0.25) is 39.3 Å².